The molecule has 19 heavy (non-hydrogen) atoms. The summed E-state index contributed by atoms with van der Waals surface area (Å²) in [5.41, 5.74) is -0.563. The molecule has 0 aliphatic heterocycles. The zero-order chi connectivity index (χ0) is 14.3. The molecule has 5 heteroatoms. The lowest BCUT2D eigenvalue weighted by Crippen LogP contribution is -2.12. The van der Waals surface area contributed by atoms with E-state index in [0.717, 1.165) is 37.8 Å². The largest absolute Gasteiger partial charge is 0.416 e. The lowest BCUT2D eigenvalue weighted by atomic mass is 10.1. The van der Waals surface area contributed by atoms with Crippen molar-refractivity contribution in [2.45, 2.75) is 45.2 Å². The molecule has 0 aliphatic rings. The van der Waals surface area contributed by atoms with E-state index in [1.165, 1.54) is 12.1 Å². The van der Waals surface area contributed by atoms with Crippen molar-refractivity contribution in [3.63, 3.8) is 0 Å². The maximum Gasteiger partial charge on any atom is 0.416 e. The summed E-state index contributed by atoms with van der Waals surface area (Å²) in [7, 11) is 0. The molecule has 0 unspecified atom stereocenters. The van der Waals surface area contributed by atoms with E-state index in [1.807, 2.05) is 0 Å². The molecule has 106 valence electrons. The number of hydrogen-bond acceptors (Lipinski definition) is 1. The van der Waals surface area contributed by atoms with Gasteiger partial charge in [0.15, 0.2) is 0 Å². The van der Waals surface area contributed by atoms with Gasteiger partial charge in [0.05, 0.1) is 5.56 Å². The van der Waals surface area contributed by atoms with E-state index >= 15 is 0 Å². The topological polar surface area (TPSA) is 29.1 Å². The molecule has 0 spiro atoms. The summed E-state index contributed by atoms with van der Waals surface area (Å²) in [6, 6.07) is 4.68. The van der Waals surface area contributed by atoms with Crippen LogP contribution in [-0.4, -0.2) is 5.91 Å². The van der Waals surface area contributed by atoms with Crippen LogP contribution in [0.4, 0.5) is 18.9 Å². The third-order valence-electron chi connectivity index (χ3n) is 2.73. The fourth-order valence-electron chi connectivity index (χ4n) is 1.71. The van der Waals surface area contributed by atoms with E-state index in [1.54, 1.807) is 0 Å². The Balaban J connectivity index is 2.50. The van der Waals surface area contributed by atoms with Gasteiger partial charge in [0.2, 0.25) is 5.91 Å². The number of alkyl halides is 3. The average Bonchev–Trinajstić information content (AvgIpc) is 2.34. The Kier molecular flexibility index (Phi) is 5.86. The smallest absolute Gasteiger partial charge is 0.326 e. The van der Waals surface area contributed by atoms with Crippen LogP contribution in [0.25, 0.3) is 0 Å². The van der Waals surface area contributed by atoms with Gasteiger partial charge in [-0.15, -0.1) is 0 Å². The van der Waals surface area contributed by atoms with E-state index in [-0.39, 0.29) is 11.6 Å². The number of carbonyl (C=O) groups is 1. The molecule has 0 aliphatic carbocycles. The number of anilines is 1. The summed E-state index contributed by atoms with van der Waals surface area (Å²) in [5.74, 6) is -0.240. The van der Waals surface area contributed by atoms with Crippen LogP contribution in [0.1, 0.15) is 44.6 Å². The van der Waals surface area contributed by atoms with Crippen LogP contribution < -0.4 is 5.32 Å². The van der Waals surface area contributed by atoms with Gasteiger partial charge >= 0.3 is 6.18 Å². The number of nitrogens with one attached hydrogen (secondary N) is 1. The second-order valence-corrected chi connectivity index (χ2v) is 4.44. The Morgan fingerprint density at radius 2 is 1.95 bits per heavy atom. The number of amides is 1. The van der Waals surface area contributed by atoms with Gasteiger partial charge in [0, 0.05) is 12.1 Å². The van der Waals surface area contributed by atoms with E-state index in [4.69, 9.17) is 0 Å². The highest BCUT2D eigenvalue weighted by Crippen LogP contribution is 2.30. The summed E-state index contributed by atoms with van der Waals surface area (Å²) >= 11 is 0. The first-order valence-electron chi connectivity index (χ1n) is 6.40. The van der Waals surface area contributed by atoms with Crippen molar-refractivity contribution in [2.24, 2.45) is 0 Å². The number of hydrogen-bond donors (Lipinski definition) is 1. The quantitative estimate of drug-likeness (QED) is 0.753. The normalized spacial score (nSPS) is 11.4. The molecule has 0 bridgehead atoms. The Bertz CT molecular complexity index is 415. The summed E-state index contributed by atoms with van der Waals surface area (Å²) in [4.78, 5) is 11.5. The molecule has 0 atom stereocenters. The Labute approximate surface area is 111 Å². The predicted molar refractivity (Wildman–Crippen MR) is 68.8 cm³/mol. The molecule has 2 nitrogen and oxygen atoms in total. The molecular formula is C14H18F3NO. The van der Waals surface area contributed by atoms with Crippen molar-refractivity contribution in [2.75, 3.05) is 5.32 Å². The average molecular weight is 273 g/mol. The predicted octanol–water partition coefficient (Wildman–Crippen LogP) is 4.61. The third kappa shape index (κ3) is 5.77. The number of unbranched alkanes of at least 4 members (excludes halogenated alkanes) is 3. The summed E-state index contributed by atoms with van der Waals surface area (Å²) in [6.07, 6.45) is -0.171. The van der Waals surface area contributed by atoms with E-state index < -0.39 is 11.7 Å². The monoisotopic (exact) mass is 273 g/mol. The molecule has 1 aromatic carbocycles. The fourth-order valence-corrected chi connectivity index (χ4v) is 1.71. The lowest BCUT2D eigenvalue weighted by Gasteiger charge is -2.09. The van der Waals surface area contributed by atoms with Crippen LogP contribution in [0, 0.1) is 0 Å². The van der Waals surface area contributed by atoms with Gasteiger partial charge in [-0.3, -0.25) is 4.79 Å². The van der Waals surface area contributed by atoms with Gasteiger partial charge in [0.25, 0.3) is 0 Å². The highest BCUT2D eigenvalue weighted by Gasteiger charge is 2.30. The van der Waals surface area contributed by atoms with Crippen LogP contribution in [0.15, 0.2) is 24.3 Å². The molecule has 1 N–H and O–H groups in total. The molecule has 0 heterocycles. The van der Waals surface area contributed by atoms with Crippen LogP contribution in [0.5, 0.6) is 0 Å². The molecular weight excluding hydrogens is 255 g/mol. The van der Waals surface area contributed by atoms with Crippen LogP contribution in [0.3, 0.4) is 0 Å². The number of benzene rings is 1. The zero-order valence-electron chi connectivity index (χ0n) is 10.9. The highest BCUT2D eigenvalue weighted by molar-refractivity contribution is 5.90. The molecule has 0 aromatic heterocycles. The van der Waals surface area contributed by atoms with Gasteiger partial charge in [0.1, 0.15) is 0 Å². The summed E-state index contributed by atoms with van der Waals surface area (Å²) in [5, 5.41) is 2.49. The maximum absolute atomic E-state index is 12.5. The molecule has 1 rings (SSSR count). The molecule has 0 saturated carbocycles. The SMILES string of the molecule is CCCCCCC(=O)Nc1cccc(C(F)(F)F)c1. The summed E-state index contributed by atoms with van der Waals surface area (Å²) in [6.45, 7) is 2.07. The van der Waals surface area contributed by atoms with E-state index in [2.05, 4.69) is 12.2 Å². The fraction of sp³-hybridized carbons (Fsp3) is 0.500. The van der Waals surface area contributed by atoms with Crippen molar-refractivity contribution in [3.05, 3.63) is 29.8 Å². The Morgan fingerprint density at radius 3 is 2.58 bits per heavy atom. The number of carbonyl (C=O) groups excluding carboxylic acids is 1. The Hall–Kier alpha value is -1.52. The van der Waals surface area contributed by atoms with Gasteiger partial charge in [-0.25, -0.2) is 0 Å². The molecule has 0 saturated heterocycles. The molecule has 1 aromatic rings. The highest BCUT2D eigenvalue weighted by atomic mass is 19.4. The van der Waals surface area contributed by atoms with Crippen molar-refractivity contribution < 1.29 is 18.0 Å². The van der Waals surface area contributed by atoms with Gasteiger partial charge in [-0.2, -0.15) is 13.2 Å². The van der Waals surface area contributed by atoms with E-state index in [9.17, 15) is 18.0 Å². The van der Waals surface area contributed by atoms with Crippen LogP contribution in [0.2, 0.25) is 0 Å². The van der Waals surface area contributed by atoms with Crippen LogP contribution in [-0.2, 0) is 11.0 Å². The second-order valence-electron chi connectivity index (χ2n) is 4.44. The second kappa shape index (κ2) is 7.16. The maximum atomic E-state index is 12.5. The Morgan fingerprint density at radius 1 is 1.21 bits per heavy atom. The van der Waals surface area contributed by atoms with Gasteiger partial charge in [-0.05, 0) is 24.6 Å². The lowest BCUT2D eigenvalue weighted by molar-refractivity contribution is -0.137. The van der Waals surface area contributed by atoms with Crippen molar-refractivity contribution in [3.8, 4) is 0 Å². The summed E-state index contributed by atoms with van der Waals surface area (Å²) < 4.78 is 37.4. The molecule has 0 radical (unpaired) electrons. The minimum absolute atomic E-state index is 0.190. The third-order valence-corrected chi connectivity index (χ3v) is 2.73. The number of halogens is 3. The van der Waals surface area contributed by atoms with Crippen molar-refractivity contribution in [1.82, 2.24) is 0 Å². The zero-order valence-corrected chi connectivity index (χ0v) is 10.9. The van der Waals surface area contributed by atoms with Gasteiger partial charge < -0.3 is 5.32 Å². The molecule has 1 amide bonds. The first kappa shape index (κ1) is 15.5. The van der Waals surface area contributed by atoms with Crippen molar-refractivity contribution in [1.29, 1.82) is 0 Å². The molecule has 0 fully saturated rings. The van der Waals surface area contributed by atoms with Crippen LogP contribution >= 0.6 is 0 Å². The van der Waals surface area contributed by atoms with Gasteiger partial charge in [-0.1, -0.05) is 32.3 Å². The van der Waals surface area contributed by atoms with E-state index in [0.29, 0.717) is 6.42 Å². The van der Waals surface area contributed by atoms with Crippen molar-refractivity contribution >= 4 is 11.6 Å². The minimum Gasteiger partial charge on any atom is -0.326 e. The standard InChI is InChI=1S/C14H18F3NO/c1-2-3-4-5-9-13(19)18-12-8-6-7-11(10-12)14(15,16)17/h6-8,10H,2-5,9H2,1H3,(H,18,19). The first-order chi connectivity index (χ1) is 8.93. The first-order valence-corrected chi connectivity index (χ1v) is 6.40. The minimum atomic E-state index is -4.39. The number of rotatable bonds is 6.